The molecule has 0 aliphatic rings. The monoisotopic (exact) mass is 219 g/mol. The Balaban J connectivity index is 2.40. The molecule has 0 radical (unpaired) electrons. The third kappa shape index (κ3) is 1.97. The summed E-state index contributed by atoms with van der Waals surface area (Å²) in [5.41, 5.74) is 7.52. The molecule has 0 fully saturated rings. The van der Waals surface area contributed by atoms with Crippen LogP contribution in [-0.2, 0) is 0 Å². The van der Waals surface area contributed by atoms with Crippen LogP contribution < -0.4 is 5.73 Å². The molecular formula is C12H14FN3. The van der Waals surface area contributed by atoms with Gasteiger partial charge >= 0.3 is 0 Å². The summed E-state index contributed by atoms with van der Waals surface area (Å²) in [7, 11) is 0. The zero-order valence-corrected chi connectivity index (χ0v) is 9.10. The Morgan fingerprint density at radius 2 is 2.00 bits per heavy atom. The smallest absolute Gasteiger partial charge is 0.123 e. The summed E-state index contributed by atoms with van der Waals surface area (Å²) >= 11 is 0. The third-order valence-electron chi connectivity index (χ3n) is 2.60. The molecule has 3 nitrogen and oxygen atoms in total. The van der Waals surface area contributed by atoms with E-state index < -0.39 is 0 Å². The number of aromatic nitrogens is 2. The van der Waals surface area contributed by atoms with E-state index in [1.165, 1.54) is 12.1 Å². The third-order valence-corrected chi connectivity index (χ3v) is 2.60. The molecule has 2 N–H and O–H groups in total. The standard InChI is InChI=1S/C12H14FN3/c1-9(8-14)12-6-7-15-16(12)11-4-2-10(13)3-5-11/h2-7,9H,8,14H2,1H3. The highest BCUT2D eigenvalue weighted by atomic mass is 19.1. The van der Waals surface area contributed by atoms with Gasteiger partial charge in [0.25, 0.3) is 0 Å². The van der Waals surface area contributed by atoms with Crippen LogP contribution in [0, 0.1) is 5.82 Å². The lowest BCUT2D eigenvalue weighted by molar-refractivity contribution is 0.626. The number of nitrogens with two attached hydrogens (primary N) is 1. The summed E-state index contributed by atoms with van der Waals surface area (Å²) in [5, 5.41) is 4.22. The van der Waals surface area contributed by atoms with Crippen molar-refractivity contribution in [1.29, 1.82) is 0 Å². The van der Waals surface area contributed by atoms with Crippen molar-refractivity contribution in [1.82, 2.24) is 9.78 Å². The molecule has 0 spiro atoms. The number of nitrogens with zero attached hydrogens (tertiary/aromatic N) is 2. The van der Waals surface area contributed by atoms with Crippen LogP contribution in [0.4, 0.5) is 4.39 Å². The van der Waals surface area contributed by atoms with Crippen LogP contribution in [-0.4, -0.2) is 16.3 Å². The maximum Gasteiger partial charge on any atom is 0.123 e. The Bertz CT molecular complexity index is 461. The normalized spacial score (nSPS) is 12.7. The fraction of sp³-hybridized carbons (Fsp3) is 0.250. The van der Waals surface area contributed by atoms with Gasteiger partial charge in [-0.2, -0.15) is 5.10 Å². The lowest BCUT2D eigenvalue weighted by Gasteiger charge is -2.12. The van der Waals surface area contributed by atoms with E-state index in [9.17, 15) is 4.39 Å². The van der Waals surface area contributed by atoms with Gasteiger partial charge in [0.2, 0.25) is 0 Å². The largest absolute Gasteiger partial charge is 0.330 e. The zero-order chi connectivity index (χ0) is 11.5. The molecule has 0 saturated carbocycles. The Labute approximate surface area is 93.7 Å². The molecule has 1 aromatic heterocycles. The summed E-state index contributed by atoms with van der Waals surface area (Å²) in [6.45, 7) is 2.60. The quantitative estimate of drug-likeness (QED) is 0.858. The number of hydrogen-bond acceptors (Lipinski definition) is 2. The van der Waals surface area contributed by atoms with E-state index in [1.807, 2.05) is 13.0 Å². The van der Waals surface area contributed by atoms with Crippen molar-refractivity contribution in [3.63, 3.8) is 0 Å². The average molecular weight is 219 g/mol. The summed E-state index contributed by atoms with van der Waals surface area (Å²) in [4.78, 5) is 0. The molecule has 1 unspecified atom stereocenters. The van der Waals surface area contributed by atoms with E-state index in [0.29, 0.717) is 6.54 Å². The van der Waals surface area contributed by atoms with Gasteiger partial charge in [0.1, 0.15) is 5.82 Å². The molecule has 2 aromatic rings. The van der Waals surface area contributed by atoms with Gasteiger partial charge in [-0.05, 0) is 30.3 Å². The predicted octanol–water partition coefficient (Wildman–Crippen LogP) is 2.07. The van der Waals surface area contributed by atoms with Gasteiger partial charge in [0.05, 0.1) is 5.69 Å². The minimum atomic E-state index is -0.246. The Morgan fingerprint density at radius 3 is 2.62 bits per heavy atom. The molecular weight excluding hydrogens is 205 g/mol. The predicted molar refractivity (Wildman–Crippen MR) is 61.0 cm³/mol. The van der Waals surface area contributed by atoms with Crippen molar-refractivity contribution in [2.24, 2.45) is 5.73 Å². The summed E-state index contributed by atoms with van der Waals surface area (Å²) < 4.78 is 14.6. The van der Waals surface area contributed by atoms with Crippen LogP contribution in [0.1, 0.15) is 18.5 Å². The Morgan fingerprint density at radius 1 is 1.31 bits per heavy atom. The summed E-state index contributed by atoms with van der Waals surface area (Å²) in [5.74, 6) is -0.0168. The van der Waals surface area contributed by atoms with Crippen LogP contribution >= 0.6 is 0 Å². The van der Waals surface area contributed by atoms with Gasteiger partial charge in [-0.3, -0.25) is 0 Å². The summed E-state index contributed by atoms with van der Waals surface area (Å²) in [6.07, 6.45) is 1.73. The van der Waals surface area contributed by atoms with Crippen LogP contribution in [0.15, 0.2) is 36.5 Å². The second-order valence-corrected chi connectivity index (χ2v) is 3.78. The number of rotatable bonds is 3. The molecule has 0 aliphatic carbocycles. The van der Waals surface area contributed by atoms with E-state index in [0.717, 1.165) is 11.4 Å². The molecule has 0 amide bonds. The molecule has 0 saturated heterocycles. The minimum Gasteiger partial charge on any atom is -0.330 e. The van der Waals surface area contributed by atoms with Gasteiger partial charge in [-0.15, -0.1) is 0 Å². The summed E-state index contributed by atoms with van der Waals surface area (Å²) in [6, 6.07) is 8.19. The molecule has 16 heavy (non-hydrogen) atoms. The molecule has 1 aromatic carbocycles. The van der Waals surface area contributed by atoms with Gasteiger partial charge in [0.15, 0.2) is 0 Å². The SMILES string of the molecule is CC(CN)c1ccnn1-c1ccc(F)cc1. The average Bonchev–Trinajstić information content (AvgIpc) is 2.78. The van der Waals surface area contributed by atoms with Crippen molar-refractivity contribution in [2.75, 3.05) is 6.54 Å². The lowest BCUT2D eigenvalue weighted by Crippen LogP contribution is -2.13. The van der Waals surface area contributed by atoms with Crippen molar-refractivity contribution in [3.05, 3.63) is 48.0 Å². The first kappa shape index (κ1) is 10.8. The topological polar surface area (TPSA) is 43.8 Å². The highest BCUT2D eigenvalue weighted by Gasteiger charge is 2.10. The maximum absolute atomic E-state index is 12.8. The first-order chi connectivity index (χ1) is 7.72. The number of halogens is 1. The van der Waals surface area contributed by atoms with E-state index in [1.54, 1.807) is 23.0 Å². The molecule has 2 rings (SSSR count). The fourth-order valence-corrected chi connectivity index (χ4v) is 1.61. The number of benzene rings is 1. The first-order valence-corrected chi connectivity index (χ1v) is 5.22. The maximum atomic E-state index is 12.8. The van der Waals surface area contributed by atoms with Crippen molar-refractivity contribution in [3.8, 4) is 5.69 Å². The highest BCUT2D eigenvalue weighted by Crippen LogP contribution is 2.18. The molecule has 0 bridgehead atoms. The van der Waals surface area contributed by atoms with E-state index >= 15 is 0 Å². The van der Waals surface area contributed by atoms with E-state index in [4.69, 9.17) is 5.73 Å². The van der Waals surface area contributed by atoms with Crippen LogP contribution in [0.25, 0.3) is 5.69 Å². The molecule has 84 valence electrons. The second kappa shape index (κ2) is 4.45. The molecule has 1 atom stereocenters. The molecule has 0 aliphatic heterocycles. The fourth-order valence-electron chi connectivity index (χ4n) is 1.61. The van der Waals surface area contributed by atoms with Gasteiger partial charge in [0, 0.05) is 24.4 Å². The molecule has 1 heterocycles. The second-order valence-electron chi connectivity index (χ2n) is 3.78. The Kier molecular flexibility index (Phi) is 3.01. The van der Waals surface area contributed by atoms with Gasteiger partial charge in [-0.25, -0.2) is 9.07 Å². The van der Waals surface area contributed by atoms with E-state index in [2.05, 4.69) is 5.10 Å². The first-order valence-electron chi connectivity index (χ1n) is 5.22. The minimum absolute atomic E-state index is 0.229. The lowest BCUT2D eigenvalue weighted by atomic mass is 10.1. The Hall–Kier alpha value is -1.68. The van der Waals surface area contributed by atoms with Crippen LogP contribution in [0.3, 0.4) is 0 Å². The van der Waals surface area contributed by atoms with Crippen LogP contribution in [0.2, 0.25) is 0 Å². The van der Waals surface area contributed by atoms with Crippen LogP contribution in [0.5, 0.6) is 0 Å². The zero-order valence-electron chi connectivity index (χ0n) is 9.10. The molecule has 4 heteroatoms. The van der Waals surface area contributed by atoms with Gasteiger partial charge in [-0.1, -0.05) is 6.92 Å². The van der Waals surface area contributed by atoms with Crippen molar-refractivity contribution < 1.29 is 4.39 Å². The van der Waals surface area contributed by atoms with Gasteiger partial charge < -0.3 is 5.73 Å². The number of hydrogen-bond donors (Lipinski definition) is 1. The van der Waals surface area contributed by atoms with Crippen molar-refractivity contribution in [2.45, 2.75) is 12.8 Å². The van der Waals surface area contributed by atoms with E-state index in [-0.39, 0.29) is 11.7 Å². The van der Waals surface area contributed by atoms with Crippen molar-refractivity contribution >= 4 is 0 Å². The highest BCUT2D eigenvalue weighted by molar-refractivity contribution is 5.33.